The first kappa shape index (κ1) is 13.2. The van der Waals surface area contributed by atoms with Crippen molar-refractivity contribution in [3.63, 3.8) is 0 Å². The summed E-state index contributed by atoms with van der Waals surface area (Å²) in [6, 6.07) is 2.58. The lowest BCUT2D eigenvalue weighted by molar-refractivity contribution is -0.140. The monoisotopic (exact) mass is 236 g/mol. The molecule has 0 bridgehead atoms. The van der Waals surface area contributed by atoms with Crippen LogP contribution in [0.5, 0.6) is 0 Å². The number of rotatable bonds is 4. The summed E-state index contributed by atoms with van der Waals surface area (Å²) >= 11 is 0. The second-order valence-corrected chi connectivity index (χ2v) is 4.20. The molecule has 0 spiro atoms. The molecular weight excluding hydrogens is 220 g/mol. The molecule has 1 unspecified atom stereocenters. The van der Waals surface area contributed by atoms with Crippen LogP contribution in [-0.4, -0.2) is 28.0 Å². The molecule has 0 saturated carbocycles. The first-order chi connectivity index (χ1) is 7.93. The molecule has 0 aliphatic carbocycles. The Labute approximate surface area is 99.9 Å². The standard InChI is InChI=1S/C12H16N2O3/c1-7(2)9(12(16)17)14-11(15)10-8(3)5-4-6-13-10/h4-7,9H,1-3H3,(H,14,15)(H,16,17). The van der Waals surface area contributed by atoms with Gasteiger partial charge in [0.25, 0.3) is 5.91 Å². The molecule has 0 radical (unpaired) electrons. The molecule has 0 aromatic carbocycles. The van der Waals surface area contributed by atoms with Crippen LogP contribution in [-0.2, 0) is 4.79 Å². The summed E-state index contributed by atoms with van der Waals surface area (Å²) in [5.41, 5.74) is 0.984. The van der Waals surface area contributed by atoms with E-state index in [2.05, 4.69) is 10.3 Å². The number of aryl methyl sites for hydroxylation is 1. The van der Waals surface area contributed by atoms with Crippen LogP contribution in [0.1, 0.15) is 29.9 Å². The number of pyridine rings is 1. The van der Waals surface area contributed by atoms with Gasteiger partial charge in [-0.3, -0.25) is 9.78 Å². The Balaban J connectivity index is 2.85. The van der Waals surface area contributed by atoms with E-state index in [0.717, 1.165) is 5.56 Å². The minimum atomic E-state index is -1.04. The van der Waals surface area contributed by atoms with Gasteiger partial charge in [0.15, 0.2) is 0 Å². The van der Waals surface area contributed by atoms with Gasteiger partial charge in [-0.2, -0.15) is 0 Å². The Kier molecular flexibility index (Phi) is 4.20. The maximum Gasteiger partial charge on any atom is 0.326 e. The molecule has 1 atom stereocenters. The predicted octanol–water partition coefficient (Wildman–Crippen LogP) is 1.23. The number of carboxylic acid groups (broad SMARTS) is 1. The zero-order chi connectivity index (χ0) is 13.0. The highest BCUT2D eigenvalue weighted by Crippen LogP contribution is 2.06. The van der Waals surface area contributed by atoms with E-state index >= 15 is 0 Å². The van der Waals surface area contributed by atoms with Gasteiger partial charge in [-0.05, 0) is 24.5 Å². The van der Waals surface area contributed by atoms with Crippen LogP contribution in [0.4, 0.5) is 0 Å². The van der Waals surface area contributed by atoms with Crippen LogP contribution < -0.4 is 5.32 Å². The maximum absolute atomic E-state index is 11.8. The average Bonchev–Trinajstić information content (AvgIpc) is 2.25. The molecule has 0 aliphatic heterocycles. The highest BCUT2D eigenvalue weighted by Gasteiger charge is 2.24. The Morgan fingerprint density at radius 3 is 2.53 bits per heavy atom. The van der Waals surface area contributed by atoms with E-state index in [4.69, 9.17) is 5.11 Å². The molecule has 0 saturated heterocycles. The van der Waals surface area contributed by atoms with E-state index in [0.29, 0.717) is 0 Å². The van der Waals surface area contributed by atoms with Crippen LogP contribution in [0, 0.1) is 12.8 Å². The van der Waals surface area contributed by atoms with E-state index < -0.39 is 17.9 Å². The molecule has 0 aliphatic rings. The first-order valence-corrected chi connectivity index (χ1v) is 5.38. The molecule has 0 fully saturated rings. The van der Waals surface area contributed by atoms with Gasteiger partial charge < -0.3 is 10.4 Å². The minimum absolute atomic E-state index is 0.180. The number of aliphatic carboxylic acids is 1. The van der Waals surface area contributed by atoms with Gasteiger partial charge >= 0.3 is 5.97 Å². The summed E-state index contributed by atoms with van der Waals surface area (Å²) in [5, 5.41) is 11.4. The number of hydrogen-bond acceptors (Lipinski definition) is 3. The summed E-state index contributed by atoms with van der Waals surface area (Å²) < 4.78 is 0. The van der Waals surface area contributed by atoms with Crippen molar-refractivity contribution in [2.75, 3.05) is 0 Å². The zero-order valence-electron chi connectivity index (χ0n) is 10.1. The van der Waals surface area contributed by atoms with Crippen LogP contribution in [0.2, 0.25) is 0 Å². The predicted molar refractivity (Wildman–Crippen MR) is 62.7 cm³/mol. The van der Waals surface area contributed by atoms with Gasteiger partial charge in [-0.15, -0.1) is 0 Å². The van der Waals surface area contributed by atoms with Crippen molar-refractivity contribution < 1.29 is 14.7 Å². The third kappa shape index (κ3) is 3.27. The maximum atomic E-state index is 11.8. The van der Waals surface area contributed by atoms with E-state index in [1.807, 2.05) is 0 Å². The fourth-order valence-corrected chi connectivity index (χ4v) is 1.45. The number of carbonyl (C=O) groups is 2. The first-order valence-electron chi connectivity index (χ1n) is 5.38. The van der Waals surface area contributed by atoms with Gasteiger partial charge in [0.2, 0.25) is 0 Å². The van der Waals surface area contributed by atoms with Crippen LogP contribution in [0.3, 0.4) is 0 Å². The Morgan fingerprint density at radius 2 is 2.06 bits per heavy atom. The molecule has 1 aromatic heterocycles. The molecule has 1 rings (SSSR count). The Hall–Kier alpha value is -1.91. The topological polar surface area (TPSA) is 79.3 Å². The molecule has 1 amide bonds. The minimum Gasteiger partial charge on any atom is -0.480 e. The van der Waals surface area contributed by atoms with Crippen molar-refractivity contribution in [1.82, 2.24) is 10.3 Å². The molecule has 1 heterocycles. The van der Waals surface area contributed by atoms with Gasteiger partial charge in [0.05, 0.1) is 0 Å². The SMILES string of the molecule is Cc1cccnc1C(=O)NC(C(=O)O)C(C)C. The van der Waals surface area contributed by atoms with E-state index in [1.54, 1.807) is 32.9 Å². The third-order valence-corrected chi connectivity index (χ3v) is 2.44. The van der Waals surface area contributed by atoms with Crippen molar-refractivity contribution in [3.05, 3.63) is 29.6 Å². The van der Waals surface area contributed by atoms with Gasteiger partial charge in [-0.1, -0.05) is 19.9 Å². The van der Waals surface area contributed by atoms with Crippen molar-refractivity contribution in [3.8, 4) is 0 Å². The Bertz CT molecular complexity index is 430. The molecule has 17 heavy (non-hydrogen) atoms. The van der Waals surface area contributed by atoms with Crippen molar-refractivity contribution in [2.45, 2.75) is 26.8 Å². The lowest BCUT2D eigenvalue weighted by Gasteiger charge is -2.17. The number of aromatic nitrogens is 1. The molecular formula is C12H16N2O3. The second-order valence-electron chi connectivity index (χ2n) is 4.20. The quantitative estimate of drug-likeness (QED) is 0.824. The fourth-order valence-electron chi connectivity index (χ4n) is 1.45. The average molecular weight is 236 g/mol. The molecule has 1 aromatic rings. The Morgan fingerprint density at radius 1 is 1.41 bits per heavy atom. The van der Waals surface area contributed by atoms with E-state index in [1.165, 1.54) is 6.20 Å². The number of hydrogen-bond donors (Lipinski definition) is 2. The highest BCUT2D eigenvalue weighted by atomic mass is 16.4. The van der Waals surface area contributed by atoms with Crippen molar-refractivity contribution >= 4 is 11.9 Å². The zero-order valence-corrected chi connectivity index (χ0v) is 10.1. The normalized spacial score (nSPS) is 12.2. The van der Waals surface area contributed by atoms with Crippen LogP contribution in [0.15, 0.2) is 18.3 Å². The summed E-state index contributed by atoms with van der Waals surface area (Å²) in [6.45, 7) is 5.24. The van der Waals surface area contributed by atoms with E-state index in [-0.39, 0.29) is 11.6 Å². The van der Waals surface area contributed by atoms with Crippen molar-refractivity contribution in [1.29, 1.82) is 0 Å². The number of nitrogens with one attached hydrogen (secondary N) is 1. The highest BCUT2D eigenvalue weighted by molar-refractivity contribution is 5.96. The van der Waals surface area contributed by atoms with Gasteiger partial charge in [-0.25, -0.2) is 4.79 Å². The lowest BCUT2D eigenvalue weighted by atomic mass is 10.0. The molecule has 2 N–H and O–H groups in total. The van der Waals surface area contributed by atoms with Gasteiger partial charge in [0.1, 0.15) is 11.7 Å². The number of carbonyl (C=O) groups excluding carboxylic acids is 1. The molecule has 5 nitrogen and oxygen atoms in total. The lowest BCUT2D eigenvalue weighted by Crippen LogP contribution is -2.44. The molecule has 92 valence electrons. The second kappa shape index (κ2) is 5.43. The van der Waals surface area contributed by atoms with Crippen LogP contribution in [0.25, 0.3) is 0 Å². The van der Waals surface area contributed by atoms with E-state index in [9.17, 15) is 9.59 Å². The number of nitrogens with zero attached hydrogens (tertiary/aromatic N) is 1. The largest absolute Gasteiger partial charge is 0.480 e. The smallest absolute Gasteiger partial charge is 0.326 e. The third-order valence-electron chi connectivity index (χ3n) is 2.44. The van der Waals surface area contributed by atoms with Crippen LogP contribution >= 0.6 is 0 Å². The number of carboxylic acids is 1. The summed E-state index contributed by atoms with van der Waals surface area (Å²) in [7, 11) is 0. The molecule has 5 heteroatoms. The van der Waals surface area contributed by atoms with Crippen molar-refractivity contribution in [2.24, 2.45) is 5.92 Å². The van der Waals surface area contributed by atoms with Gasteiger partial charge in [0, 0.05) is 6.20 Å². The number of amides is 1. The fraction of sp³-hybridized carbons (Fsp3) is 0.417. The summed E-state index contributed by atoms with van der Waals surface area (Å²) in [6.07, 6.45) is 1.51. The summed E-state index contributed by atoms with van der Waals surface area (Å²) in [4.78, 5) is 26.8. The summed E-state index contributed by atoms with van der Waals surface area (Å²) in [5.74, 6) is -1.67.